The molecule has 0 fully saturated rings. The zero-order valence-electron chi connectivity index (χ0n) is 7.22. The van der Waals surface area contributed by atoms with E-state index < -0.39 is 5.82 Å². The van der Waals surface area contributed by atoms with Gasteiger partial charge in [0, 0.05) is 11.6 Å². The van der Waals surface area contributed by atoms with Gasteiger partial charge >= 0.3 is 0 Å². The van der Waals surface area contributed by atoms with Gasteiger partial charge in [-0.05, 0) is 25.5 Å². The van der Waals surface area contributed by atoms with E-state index in [0.717, 1.165) is 0 Å². The average molecular weight is 204 g/mol. The van der Waals surface area contributed by atoms with Crippen LogP contribution >= 0.6 is 11.6 Å². The van der Waals surface area contributed by atoms with E-state index in [1.807, 2.05) is 0 Å². The number of aromatic hydroxyl groups is 1. The van der Waals surface area contributed by atoms with Gasteiger partial charge in [-0.15, -0.1) is 0 Å². The Labute approximate surface area is 81.1 Å². The first-order valence-corrected chi connectivity index (χ1v) is 4.31. The summed E-state index contributed by atoms with van der Waals surface area (Å²) in [6.45, 7) is 1.74. The Kier molecular flexibility index (Phi) is 3.12. The van der Waals surface area contributed by atoms with Crippen molar-refractivity contribution in [2.24, 2.45) is 5.73 Å². The molecule has 0 aliphatic rings. The van der Waals surface area contributed by atoms with Crippen LogP contribution in [0, 0.1) is 5.82 Å². The molecule has 0 aromatic heterocycles. The van der Waals surface area contributed by atoms with Gasteiger partial charge in [0.2, 0.25) is 0 Å². The third kappa shape index (κ3) is 2.32. The highest BCUT2D eigenvalue weighted by atomic mass is 35.5. The number of hydrogen-bond acceptors (Lipinski definition) is 2. The van der Waals surface area contributed by atoms with Gasteiger partial charge in [-0.2, -0.15) is 0 Å². The Morgan fingerprint density at radius 3 is 2.77 bits per heavy atom. The summed E-state index contributed by atoms with van der Waals surface area (Å²) in [6.07, 6.45) is 0.276. The lowest BCUT2D eigenvalue weighted by Crippen LogP contribution is -2.18. The smallest absolute Gasteiger partial charge is 0.140 e. The monoisotopic (exact) mass is 203 g/mol. The van der Waals surface area contributed by atoms with Crippen LogP contribution in [0.5, 0.6) is 5.75 Å². The second-order valence-corrected chi connectivity index (χ2v) is 3.44. The third-order valence-corrected chi connectivity index (χ3v) is 2.01. The fourth-order valence-electron chi connectivity index (χ4n) is 1.10. The molecule has 0 spiro atoms. The SMILES string of the molecule is CC(N)Cc1c(F)ccc(Cl)c1O. The molecule has 1 atom stereocenters. The normalized spacial score (nSPS) is 12.9. The van der Waals surface area contributed by atoms with E-state index in [1.165, 1.54) is 12.1 Å². The van der Waals surface area contributed by atoms with Crippen LogP contribution in [0.25, 0.3) is 0 Å². The molecule has 0 saturated heterocycles. The minimum absolute atomic E-state index is 0.150. The molecule has 1 aromatic rings. The molecule has 1 aromatic carbocycles. The van der Waals surface area contributed by atoms with E-state index in [2.05, 4.69) is 0 Å². The van der Waals surface area contributed by atoms with Crippen LogP contribution in [-0.2, 0) is 6.42 Å². The number of phenols is 1. The van der Waals surface area contributed by atoms with E-state index in [-0.39, 0.29) is 28.8 Å². The second kappa shape index (κ2) is 3.94. The molecular formula is C9H11ClFNO. The molecule has 0 radical (unpaired) electrons. The van der Waals surface area contributed by atoms with Crippen molar-refractivity contribution >= 4 is 11.6 Å². The first-order valence-electron chi connectivity index (χ1n) is 3.93. The second-order valence-electron chi connectivity index (χ2n) is 3.04. The number of benzene rings is 1. The van der Waals surface area contributed by atoms with Crippen LogP contribution in [0.2, 0.25) is 5.02 Å². The molecule has 13 heavy (non-hydrogen) atoms. The Balaban J connectivity index is 3.10. The van der Waals surface area contributed by atoms with Crippen LogP contribution < -0.4 is 5.73 Å². The number of phenolic OH excluding ortho intramolecular Hbond substituents is 1. The predicted octanol–water partition coefficient (Wildman–Crippen LogP) is 2.07. The average Bonchev–Trinajstić information content (AvgIpc) is 2.05. The first-order chi connectivity index (χ1) is 6.02. The van der Waals surface area contributed by atoms with E-state index >= 15 is 0 Å². The van der Waals surface area contributed by atoms with Crippen molar-refractivity contribution in [2.75, 3.05) is 0 Å². The zero-order valence-corrected chi connectivity index (χ0v) is 7.98. The summed E-state index contributed by atoms with van der Waals surface area (Å²) in [7, 11) is 0. The topological polar surface area (TPSA) is 46.2 Å². The standard InChI is InChI=1S/C9H11ClFNO/c1-5(12)4-6-8(11)3-2-7(10)9(6)13/h2-3,5,13H,4,12H2,1H3. The molecule has 72 valence electrons. The van der Waals surface area contributed by atoms with Crippen molar-refractivity contribution in [3.05, 3.63) is 28.5 Å². The van der Waals surface area contributed by atoms with E-state index in [4.69, 9.17) is 17.3 Å². The fourth-order valence-corrected chi connectivity index (χ4v) is 1.28. The van der Waals surface area contributed by atoms with Gasteiger partial charge in [0.15, 0.2) is 0 Å². The van der Waals surface area contributed by atoms with Crippen molar-refractivity contribution in [3.8, 4) is 5.75 Å². The van der Waals surface area contributed by atoms with Gasteiger partial charge in [0.25, 0.3) is 0 Å². The third-order valence-electron chi connectivity index (χ3n) is 1.70. The fraction of sp³-hybridized carbons (Fsp3) is 0.333. The first kappa shape index (κ1) is 10.3. The number of hydrogen-bond donors (Lipinski definition) is 2. The molecule has 0 bridgehead atoms. The van der Waals surface area contributed by atoms with Crippen LogP contribution in [-0.4, -0.2) is 11.1 Å². The molecule has 1 rings (SSSR count). The summed E-state index contributed by atoms with van der Waals surface area (Å²) in [6, 6.07) is 2.33. The van der Waals surface area contributed by atoms with Crippen LogP contribution in [0.15, 0.2) is 12.1 Å². The molecular weight excluding hydrogens is 193 g/mol. The highest BCUT2D eigenvalue weighted by Gasteiger charge is 2.12. The molecule has 0 amide bonds. The molecule has 2 nitrogen and oxygen atoms in total. The van der Waals surface area contributed by atoms with Gasteiger partial charge in [0.1, 0.15) is 11.6 Å². The highest BCUT2D eigenvalue weighted by molar-refractivity contribution is 6.32. The van der Waals surface area contributed by atoms with Gasteiger partial charge in [-0.3, -0.25) is 0 Å². The maximum absolute atomic E-state index is 13.1. The maximum atomic E-state index is 13.1. The summed E-state index contributed by atoms with van der Waals surface area (Å²) >= 11 is 5.61. The lowest BCUT2D eigenvalue weighted by molar-refractivity contribution is 0.455. The molecule has 0 aliphatic carbocycles. The van der Waals surface area contributed by atoms with Gasteiger partial charge < -0.3 is 10.8 Å². The Hall–Kier alpha value is -0.800. The van der Waals surface area contributed by atoms with Crippen LogP contribution in [0.1, 0.15) is 12.5 Å². The van der Waals surface area contributed by atoms with Crippen molar-refractivity contribution in [1.29, 1.82) is 0 Å². The molecule has 0 heterocycles. The Morgan fingerprint density at radius 2 is 2.23 bits per heavy atom. The minimum Gasteiger partial charge on any atom is -0.506 e. The van der Waals surface area contributed by atoms with Crippen LogP contribution in [0.3, 0.4) is 0 Å². The van der Waals surface area contributed by atoms with Crippen LogP contribution in [0.4, 0.5) is 4.39 Å². The van der Waals surface area contributed by atoms with Crippen molar-refractivity contribution in [3.63, 3.8) is 0 Å². The van der Waals surface area contributed by atoms with E-state index in [1.54, 1.807) is 6.92 Å². The van der Waals surface area contributed by atoms with Gasteiger partial charge in [-0.1, -0.05) is 11.6 Å². The van der Waals surface area contributed by atoms with Gasteiger partial charge in [0.05, 0.1) is 5.02 Å². The van der Waals surface area contributed by atoms with E-state index in [0.29, 0.717) is 0 Å². The lowest BCUT2D eigenvalue weighted by Gasteiger charge is -2.09. The summed E-state index contributed by atoms with van der Waals surface area (Å²) < 4.78 is 13.1. The molecule has 0 aliphatic heterocycles. The predicted molar refractivity (Wildman–Crippen MR) is 50.4 cm³/mol. The van der Waals surface area contributed by atoms with Crippen molar-refractivity contribution < 1.29 is 9.50 Å². The lowest BCUT2D eigenvalue weighted by atomic mass is 10.1. The summed E-state index contributed by atoms with van der Waals surface area (Å²) in [4.78, 5) is 0. The summed E-state index contributed by atoms with van der Waals surface area (Å²) in [5.74, 6) is -0.682. The Bertz CT molecular complexity index is 315. The van der Waals surface area contributed by atoms with Crippen molar-refractivity contribution in [2.45, 2.75) is 19.4 Å². The molecule has 1 unspecified atom stereocenters. The number of nitrogens with two attached hydrogens (primary N) is 1. The number of halogens is 2. The maximum Gasteiger partial charge on any atom is 0.140 e. The quantitative estimate of drug-likeness (QED) is 0.773. The van der Waals surface area contributed by atoms with Crippen molar-refractivity contribution in [1.82, 2.24) is 0 Å². The molecule has 3 N–H and O–H groups in total. The highest BCUT2D eigenvalue weighted by Crippen LogP contribution is 2.29. The summed E-state index contributed by atoms with van der Waals surface area (Å²) in [5.41, 5.74) is 5.67. The zero-order chi connectivity index (χ0) is 10.0. The molecule has 4 heteroatoms. The summed E-state index contributed by atoms with van der Waals surface area (Å²) in [5, 5.41) is 9.55. The Morgan fingerprint density at radius 1 is 1.62 bits per heavy atom. The minimum atomic E-state index is -0.473. The molecule has 0 saturated carbocycles. The number of rotatable bonds is 2. The van der Waals surface area contributed by atoms with Gasteiger partial charge in [-0.25, -0.2) is 4.39 Å². The van der Waals surface area contributed by atoms with E-state index in [9.17, 15) is 9.50 Å². The largest absolute Gasteiger partial charge is 0.506 e.